The Hall–Kier alpha value is -3.91. The minimum absolute atomic E-state index is 0.198. The van der Waals surface area contributed by atoms with Crippen molar-refractivity contribution in [3.8, 4) is 11.4 Å². The third kappa shape index (κ3) is 4.64. The monoisotopic (exact) mass is 510 g/mol. The van der Waals surface area contributed by atoms with E-state index in [1.807, 2.05) is 37.3 Å². The summed E-state index contributed by atoms with van der Waals surface area (Å²) in [6.07, 6.45) is 3.23. The number of aryl methyl sites for hydroxylation is 2. The number of hydrogen-bond donors (Lipinski definition) is 0. The van der Waals surface area contributed by atoms with Gasteiger partial charge >= 0.3 is 0 Å². The van der Waals surface area contributed by atoms with Crippen molar-refractivity contribution in [2.45, 2.75) is 32.0 Å². The summed E-state index contributed by atoms with van der Waals surface area (Å²) < 4.78 is 30.7. The molecule has 4 heterocycles. The van der Waals surface area contributed by atoms with E-state index < -0.39 is 10.0 Å². The average molecular weight is 511 g/mol. The summed E-state index contributed by atoms with van der Waals surface area (Å²) in [5.74, 6) is 0.251. The van der Waals surface area contributed by atoms with Gasteiger partial charge < -0.3 is 4.90 Å². The molecule has 14 heteroatoms. The number of sulfonamides is 1. The highest BCUT2D eigenvalue weighted by Crippen LogP contribution is 2.21. The van der Waals surface area contributed by atoms with Crippen LogP contribution in [0.1, 0.15) is 23.1 Å². The molecule has 1 aromatic carbocycles. The Morgan fingerprint density at radius 1 is 0.972 bits per heavy atom. The fourth-order valence-corrected chi connectivity index (χ4v) is 5.63. The molecule has 13 nitrogen and oxygen atoms in total. The predicted molar refractivity (Wildman–Crippen MR) is 128 cm³/mol. The maximum atomic E-state index is 13.1. The Balaban J connectivity index is 1.20. The fraction of sp³-hybridized carbons (Fsp3) is 0.364. The zero-order valence-corrected chi connectivity index (χ0v) is 20.8. The van der Waals surface area contributed by atoms with Crippen LogP contribution in [0, 0.1) is 6.92 Å². The lowest BCUT2D eigenvalue weighted by Gasteiger charge is -2.33. The molecule has 1 amide bonds. The van der Waals surface area contributed by atoms with Crippen LogP contribution >= 0.6 is 0 Å². The lowest BCUT2D eigenvalue weighted by molar-refractivity contribution is 0.0690. The number of rotatable bonds is 7. The molecule has 0 unspecified atom stereocenters. The van der Waals surface area contributed by atoms with Crippen molar-refractivity contribution in [3.63, 3.8) is 0 Å². The smallest absolute Gasteiger partial charge is 0.274 e. The molecular formula is C22H26N10O3S. The molecule has 0 spiro atoms. The number of benzene rings is 1. The molecule has 36 heavy (non-hydrogen) atoms. The van der Waals surface area contributed by atoms with Gasteiger partial charge in [-0.1, -0.05) is 30.3 Å². The van der Waals surface area contributed by atoms with Crippen molar-refractivity contribution in [1.82, 2.24) is 49.0 Å². The van der Waals surface area contributed by atoms with Crippen LogP contribution in [-0.2, 0) is 23.2 Å². The van der Waals surface area contributed by atoms with Crippen LogP contribution in [0.2, 0.25) is 0 Å². The van der Waals surface area contributed by atoms with Gasteiger partial charge in [0, 0.05) is 50.7 Å². The molecular weight excluding hydrogens is 484 g/mol. The quantitative estimate of drug-likeness (QED) is 0.355. The van der Waals surface area contributed by atoms with Gasteiger partial charge in [0.15, 0.2) is 6.67 Å². The molecule has 0 saturated carbocycles. The molecule has 0 bridgehead atoms. The van der Waals surface area contributed by atoms with E-state index in [1.54, 1.807) is 39.6 Å². The second-order valence-corrected chi connectivity index (χ2v) is 10.3. The molecule has 1 aliphatic rings. The van der Waals surface area contributed by atoms with Crippen LogP contribution in [-0.4, -0.2) is 89.5 Å². The SMILES string of the molecule is CCn1cc(S(=O)(=O)N2CCN(C(=O)c3ccn(Cn4nnc(-c5ccccc5)n4)n3)CC2)c(C)n1. The number of tetrazole rings is 1. The van der Waals surface area contributed by atoms with Crippen molar-refractivity contribution in [2.75, 3.05) is 26.2 Å². The Bertz CT molecular complexity index is 1470. The third-order valence-corrected chi connectivity index (χ3v) is 7.99. The van der Waals surface area contributed by atoms with Gasteiger partial charge in [-0.2, -0.15) is 14.5 Å². The largest absolute Gasteiger partial charge is 0.335 e. The Kier molecular flexibility index (Phi) is 6.36. The first-order chi connectivity index (χ1) is 17.3. The van der Waals surface area contributed by atoms with Crippen LogP contribution < -0.4 is 0 Å². The zero-order chi connectivity index (χ0) is 25.3. The summed E-state index contributed by atoms with van der Waals surface area (Å²) in [5.41, 5.74) is 1.60. The second-order valence-electron chi connectivity index (χ2n) is 8.36. The van der Waals surface area contributed by atoms with E-state index in [2.05, 4.69) is 25.6 Å². The summed E-state index contributed by atoms with van der Waals surface area (Å²) >= 11 is 0. The number of amides is 1. The van der Waals surface area contributed by atoms with E-state index >= 15 is 0 Å². The molecule has 1 fully saturated rings. The zero-order valence-electron chi connectivity index (χ0n) is 20.0. The van der Waals surface area contributed by atoms with E-state index in [-0.39, 0.29) is 49.3 Å². The van der Waals surface area contributed by atoms with Crippen LogP contribution in [0.5, 0.6) is 0 Å². The third-order valence-electron chi connectivity index (χ3n) is 5.98. The Labute approximate surface area is 208 Å². The average Bonchev–Trinajstić information content (AvgIpc) is 3.65. The number of piperazine rings is 1. The predicted octanol–water partition coefficient (Wildman–Crippen LogP) is 0.714. The van der Waals surface area contributed by atoms with Gasteiger partial charge in [0.25, 0.3) is 5.91 Å². The highest BCUT2D eigenvalue weighted by atomic mass is 32.2. The van der Waals surface area contributed by atoms with Gasteiger partial charge in [0.1, 0.15) is 10.6 Å². The molecule has 1 aliphatic heterocycles. The highest BCUT2D eigenvalue weighted by Gasteiger charge is 2.33. The molecule has 0 aliphatic carbocycles. The van der Waals surface area contributed by atoms with Crippen LogP contribution in [0.25, 0.3) is 11.4 Å². The van der Waals surface area contributed by atoms with Crippen LogP contribution in [0.4, 0.5) is 0 Å². The number of hydrogen-bond acceptors (Lipinski definition) is 8. The van der Waals surface area contributed by atoms with Gasteiger partial charge in [-0.3, -0.25) is 9.48 Å². The van der Waals surface area contributed by atoms with Gasteiger partial charge in [0.05, 0.1) is 5.69 Å². The molecule has 188 valence electrons. The molecule has 0 atom stereocenters. The summed E-state index contributed by atoms with van der Waals surface area (Å²) in [7, 11) is -3.67. The van der Waals surface area contributed by atoms with E-state index in [9.17, 15) is 13.2 Å². The lowest BCUT2D eigenvalue weighted by Crippen LogP contribution is -2.50. The van der Waals surface area contributed by atoms with Gasteiger partial charge in [-0.15, -0.1) is 15.0 Å². The topological polar surface area (TPSA) is 137 Å². The lowest BCUT2D eigenvalue weighted by atomic mass is 10.2. The fourth-order valence-electron chi connectivity index (χ4n) is 4.04. The van der Waals surface area contributed by atoms with Gasteiger partial charge in [-0.05, 0) is 25.1 Å². The highest BCUT2D eigenvalue weighted by molar-refractivity contribution is 7.89. The number of nitrogens with zero attached hydrogens (tertiary/aromatic N) is 10. The molecule has 5 rings (SSSR count). The summed E-state index contributed by atoms with van der Waals surface area (Å²) in [5, 5.41) is 21.1. The van der Waals surface area contributed by atoms with E-state index in [0.29, 0.717) is 18.1 Å². The number of carbonyl (C=O) groups excluding carboxylic acids is 1. The molecule has 4 aromatic rings. The van der Waals surface area contributed by atoms with E-state index in [0.717, 1.165) is 5.56 Å². The van der Waals surface area contributed by atoms with Crippen molar-refractivity contribution >= 4 is 15.9 Å². The first-order valence-electron chi connectivity index (χ1n) is 11.6. The number of carbonyl (C=O) groups is 1. The molecule has 0 radical (unpaired) electrons. The first-order valence-corrected chi connectivity index (χ1v) is 13.0. The van der Waals surface area contributed by atoms with Crippen LogP contribution in [0.3, 0.4) is 0 Å². The molecule has 3 aromatic heterocycles. The van der Waals surface area contributed by atoms with Gasteiger partial charge in [-0.25, -0.2) is 13.1 Å². The van der Waals surface area contributed by atoms with Crippen molar-refractivity contribution in [3.05, 3.63) is 60.2 Å². The minimum Gasteiger partial charge on any atom is -0.335 e. The summed E-state index contributed by atoms with van der Waals surface area (Å²) in [6, 6.07) is 11.1. The Morgan fingerprint density at radius 3 is 2.42 bits per heavy atom. The maximum Gasteiger partial charge on any atom is 0.274 e. The summed E-state index contributed by atoms with van der Waals surface area (Å²) in [4.78, 5) is 16.2. The number of aromatic nitrogens is 8. The van der Waals surface area contributed by atoms with Crippen molar-refractivity contribution in [1.29, 1.82) is 0 Å². The standard InChI is InChI=1S/C22H26N10O3S/c1-3-29-15-20(17(2)24-29)36(34,35)31-13-11-28(12-14-31)22(33)19-9-10-30(25-19)16-32-26-21(23-27-32)18-7-5-4-6-8-18/h4-10,15H,3,11-14,16H2,1-2H3. The van der Waals surface area contributed by atoms with Crippen molar-refractivity contribution < 1.29 is 13.2 Å². The Morgan fingerprint density at radius 2 is 1.72 bits per heavy atom. The minimum atomic E-state index is -3.67. The van der Waals surface area contributed by atoms with E-state index in [1.165, 1.54) is 9.10 Å². The van der Waals surface area contributed by atoms with Crippen LogP contribution in [0.15, 0.2) is 53.7 Å². The second kappa shape index (κ2) is 9.62. The summed E-state index contributed by atoms with van der Waals surface area (Å²) in [6.45, 7) is 5.34. The molecule has 0 N–H and O–H groups in total. The van der Waals surface area contributed by atoms with Gasteiger partial charge in [0.2, 0.25) is 15.8 Å². The molecule has 1 saturated heterocycles. The first kappa shape index (κ1) is 23.8. The normalized spacial score (nSPS) is 14.9. The van der Waals surface area contributed by atoms with E-state index in [4.69, 9.17) is 0 Å². The maximum absolute atomic E-state index is 13.1. The van der Waals surface area contributed by atoms with Crippen molar-refractivity contribution in [2.24, 2.45) is 0 Å².